The van der Waals surface area contributed by atoms with Crippen LogP contribution in [-0.2, 0) is 6.61 Å². The van der Waals surface area contributed by atoms with Crippen LogP contribution in [-0.4, -0.2) is 5.91 Å². The third kappa shape index (κ3) is 4.67. The molecule has 0 atom stereocenters. The van der Waals surface area contributed by atoms with Gasteiger partial charge in [0.05, 0.1) is 5.69 Å². The fraction of sp³-hybridized carbons (Fsp3) is 0.0500. The summed E-state index contributed by atoms with van der Waals surface area (Å²) >= 11 is 3.18. The van der Waals surface area contributed by atoms with E-state index in [9.17, 15) is 9.18 Å². The molecule has 1 N–H and O–H groups in total. The van der Waals surface area contributed by atoms with E-state index in [-0.39, 0.29) is 11.6 Å². The lowest BCUT2D eigenvalue weighted by molar-refractivity contribution is 0.102. The van der Waals surface area contributed by atoms with Crippen LogP contribution < -0.4 is 10.1 Å². The van der Waals surface area contributed by atoms with Crippen LogP contribution in [0.4, 0.5) is 10.1 Å². The van der Waals surface area contributed by atoms with Gasteiger partial charge in [-0.25, -0.2) is 4.39 Å². The molecule has 0 heterocycles. The molecule has 3 aromatic rings. The van der Waals surface area contributed by atoms with E-state index >= 15 is 0 Å². The summed E-state index contributed by atoms with van der Waals surface area (Å²) in [6, 6.07) is 21.0. The molecule has 0 aliphatic heterocycles. The van der Waals surface area contributed by atoms with Gasteiger partial charge in [-0.15, -0.1) is 0 Å². The molecule has 0 saturated carbocycles. The Balaban J connectivity index is 1.62. The van der Waals surface area contributed by atoms with Crippen molar-refractivity contribution >= 4 is 27.5 Å². The van der Waals surface area contributed by atoms with Crippen molar-refractivity contribution in [1.29, 1.82) is 0 Å². The fourth-order valence-electron chi connectivity index (χ4n) is 2.23. The highest BCUT2D eigenvalue weighted by Crippen LogP contribution is 2.21. The van der Waals surface area contributed by atoms with Crippen molar-refractivity contribution in [3.8, 4) is 5.75 Å². The molecule has 0 unspecified atom stereocenters. The highest BCUT2D eigenvalue weighted by Gasteiger charge is 2.10. The second-order valence-electron chi connectivity index (χ2n) is 5.38. The number of carbonyl (C=O) groups excluding carboxylic acids is 1. The number of amides is 1. The Kier molecular flexibility index (Phi) is 5.46. The van der Waals surface area contributed by atoms with Crippen molar-refractivity contribution < 1.29 is 13.9 Å². The smallest absolute Gasteiger partial charge is 0.255 e. The SMILES string of the molecule is O=C(Nc1ccc(Br)cc1F)c1ccc(OCc2ccccc2)cc1. The van der Waals surface area contributed by atoms with Crippen molar-refractivity contribution in [3.63, 3.8) is 0 Å². The van der Waals surface area contributed by atoms with Crippen molar-refractivity contribution in [2.24, 2.45) is 0 Å². The molecule has 0 bridgehead atoms. The lowest BCUT2D eigenvalue weighted by atomic mass is 10.2. The highest BCUT2D eigenvalue weighted by atomic mass is 79.9. The molecule has 0 radical (unpaired) electrons. The molecule has 0 aromatic heterocycles. The average molecular weight is 400 g/mol. The summed E-state index contributed by atoms with van der Waals surface area (Å²) in [4.78, 5) is 12.2. The maximum atomic E-state index is 13.8. The molecule has 1 amide bonds. The molecule has 3 nitrogen and oxygen atoms in total. The molecule has 3 aromatic carbocycles. The number of carbonyl (C=O) groups is 1. The van der Waals surface area contributed by atoms with Gasteiger partial charge >= 0.3 is 0 Å². The van der Waals surface area contributed by atoms with E-state index < -0.39 is 5.82 Å². The Morgan fingerprint density at radius 2 is 1.72 bits per heavy atom. The Bertz CT molecular complexity index is 867. The summed E-state index contributed by atoms with van der Waals surface area (Å²) in [5.41, 5.74) is 1.63. The Morgan fingerprint density at radius 1 is 1.00 bits per heavy atom. The summed E-state index contributed by atoms with van der Waals surface area (Å²) in [6.45, 7) is 0.455. The van der Waals surface area contributed by atoms with Gasteiger partial charge < -0.3 is 10.1 Å². The molecule has 126 valence electrons. The van der Waals surface area contributed by atoms with Gasteiger partial charge in [0.15, 0.2) is 0 Å². The Hall–Kier alpha value is -2.66. The Labute approximate surface area is 153 Å². The minimum atomic E-state index is -0.495. The van der Waals surface area contributed by atoms with Crippen LogP contribution in [0.25, 0.3) is 0 Å². The van der Waals surface area contributed by atoms with Crippen molar-refractivity contribution in [1.82, 2.24) is 0 Å². The molecule has 25 heavy (non-hydrogen) atoms. The standard InChI is InChI=1S/C20H15BrFNO2/c21-16-8-11-19(18(22)12-16)23-20(24)15-6-9-17(10-7-15)25-13-14-4-2-1-3-5-14/h1-12H,13H2,(H,23,24). The second kappa shape index (κ2) is 7.94. The summed E-state index contributed by atoms with van der Waals surface area (Å²) in [5.74, 6) is -0.211. The van der Waals surface area contributed by atoms with Crippen LogP contribution >= 0.6 is 15.9 Å². The first-order chi connectivity index (χ1) is 12.1. The molecule has 5 heteroatoms. The highest BCUT2D eigenvalue weighted by molar-refractivity contribution is 9.10. The van der Waals surface area contributed by atoms with Gasteiger partial charge in [-0.1, -0.05) is 46.3 Å². The van der Waals surface area contributed by atoms with Crippen molar-refractivity contribution in [3.05, 3.63) is 94.2 Å². The average Bonchev–Trinajstić information content (AvgIpc) is 2.63. The number of anilines is 1. The lowest BCUT2D eigenvalue weighted by Gasteiger charge is -2.09. The van der Waals surface area contributed by atoms with Gasteiger partial charge in [-0.2, -0.15) is 0 Å². The molecular formula is C20H15BrFNO2. The van der Waals surface area contributed by atoms with Gasteiger partial charge in [0.2, 0.25) is 0 Å². The normalized spacial score (nSPS) is 10.3. The van der Waals surface area contributed by atoms with Crippen LogP contribution in [0.5, 0.6) is 5.75 Å². The number of rotatable bonds is 5. The predicted molar refractivity (Wildman–Crippen MR) is 99.3 cm³/mol. The molecule has 3 rings (SSSR count). The second-order valence-corrected chi connectivity index (χ2v) is 6.29. The van der Waals surface area contributed by atoms with Crippen LogP contribution in [0.1, 0.15) is 15.9 Å². The summed E-state index contributed by atoms with van der Waals surface area (Å²) in [5, 5.41) is 2.56. The van der Waals surface area contributed by atoms with Gasteiger partial charge in [-0.3, -0.25) is 4.79 Å². The molecule has 0 spiro atoms. The van der Waals surface area contributed by atoms with E-state index in [4.69, 9.17) is 4.74 Å². The minimum Gasteiger partial charge on any atom is -0.489 e. The van der Waals surface area contributed by atoms with E-state index in [0.29, 0.717) is 22.4 Å². The number of nitrogens with one attached hydrogen (secondary N) is 1. The van der Waals surface area contributed by atoms with Gasteiger partial charge in [-0.05, 0) is 48.0 Å². The zero-order valence-electron chi connectivity index (χ0n) is 13.2. The minimum absolute atomic E-state index is 0.137. The van der Waals surface area contributed by atoms with Gasteiger partial charge in [0.1, 0.15) is 18.2 Å². The van der Waals surface area contributed by atoms with Gasteiger partial charge in [0.25, 0.3) is 5.91 Å². The largest absolute Gasteiger partial charge is 0.489 e. The lowest BCUT2D eigenvalue weighted by Crippen LogP contribution is -2.12. The number of halogens is 2. The molecule has 0 saturated heterocycles. The first-order valence-electron chi connectivity index (χ1n) is 7.65. The van der Waals surface area contributed by atoms with Crippen molar-refractivity contribution in [2.45, 2.75) is 6.61 Å². The third-order valence-electron chi connectivity index (χ3n) is 3.54. The predicted octanol–water partition coefficient (Wildman–Crippen LogP) is 5.42. The summed E-state index contributed by atoms with van der Waals surface area (Å²) in [6.07, 6.45) is 0. The summed E-state index contributed by atoms with van der Waals surface area (Å²) < 4.78 is 20.1. The van der Waals surface area contributed by atoms with Crippen LogP contribution in [0.2, 0.25) is 0 Å². The van der Waals surface area contributed by atoms with E-state index in [0.717, 1.165) is 5.56 Å². The number of benzene rings is 3. The fourth-order valence-corrected chi connectivity index (χ4v) is 2.56. The van der Waals surface area contributed by atoms with E-state index in [1.165, 1.54) is 12.1 Å². The molecule has 0 aliphatic rings. The Morgan fingerprint density at radius 3 is 2.40 bits per heavy atom. The van der Waals surface area contributed by atoms with E-state index in [1.54, 1.807) is 30.3 Å². The maximum Gasteiger partial charge on any atom is 0.255 e. The topological polar surface area (TPSA) is 38.3 Å². The van der Waals surface area contributed by atoms with Gasteiger partial charge in [0, 0.05) is 10.0 Å². The molecule has 0 aliphatic carbocycles. The van der Waals surface area contributed by atoms with E-state index in [2.05, 4.69) is 21.2 Å². The number of hydrogen-bond acceptors (Lipinski definition) is 2. The zero-order valence-corrected chi connectivity index (χ0v) is 14.8. The zero-order chi connectivity index (χ0) is 17.6. The quantitative estimate of drug-likeness (QED) is 0.621. The van der Waals surface area contributed by atoms with Crippen LogP contribution in [0.3, 0.4) is 0 Å². The third-order valence-corrected chi connectivity index (χ3v) is 4.04. The van der Waals surface area contributed by atoms with Crippen molar-refractivity contribution in [2.75, 3.05) is 5.32 Å². The van der Waals surface area contributed by atoms with Crippen LogP contribution in [0, 0.1) is 5.82 Å². The first kappa shape index (κ1) is 17.2. The number of ether oxygens (including phenoxy) is 1. The van der Waals surface area contributed by atoms with Crippen LogP contribution in [0.15, 0.2) is 77.3 Å². The monoisotopic (exact) mass is 399 g/mol. The number of hydrogen-bond donors (Lipinski definition) is 1. The van der Waals surface area contributed by atoms with E-state index in [1.807, 2.05) is 30.3 Å². The summed E-state index contributed by atoms with van der Waals surface area (Å²) in [7, 11) is 0. The molecular weight excluding hydrogens is 385 g/mol. The molecule has 0 fully saturated rings. The first-order valence-corrected chi connectivity index (χ1v) is 8.44. The maximum absolute atomic E-state index is 13.8.